The summed E-state index contributed by atoms with van der Waals surface area (Å²) in [5.74, 6) is 3.12. The fraction of sp³-hybridized carbons (Fsp3) is 0.533. The molecule has 5 nitrogen and oxygen atoms in total. The van der Waals surface area contributed by atoms with E-state index in [9.17, 15) is 0 Å². The van der Waals surface area contributed by atoms with Gasteiger partial charge < -0.3 is 5.32 Å². The van der Waals surface area contributed by atoms with Gasteiger partial charge in [-0.15, -0.1) is 5.10 Å². The molecule has 0 saturated heterocycles. The Hall–Kier alpha value is -1.75. The van der Waals surface area contributed by atoms with Gasteiger partial charge in [0.2, 0.25) is 0 Å². The van der Waals surface area contributed by atoms with Crippen molar-refractivity contribution >= 4 is 0 Å². The molecule has 0 aliphatic heterocycles. The van der Waals surface area contributed by atoms with Gasteiger partial charge in [0.1, 0.15) is 11.6 Å². The maximum Gasteiger partial charge on any atom is 0.156 e. The number of hydrogen-bond donors (Lipinski definition) is 1. The van der Waals surface area contributed by atoms with Gasteiger partial charge in [0, 0.05) is 12.2 Å². The van der Waals surface area contributed by atoms with Crippen molar-refractivity contribution in [2.24, 2.45) is 5.92 Å². The van der Waals surface area contributed by atoms with Gasteiger partial charge in [-0.25, -0.2) is 9.97 Å². The molecule has 0 aliphatic carbocycles. The molecule has 2 rings (SSSR count). The Morgan fingerprint density at radius 3 is 2.50 bits per heavy atom. The van der Waals surface area contributed by atoms with Crippen LogP contribution in [0, 0.1) is 26.7 Å². The second-order valence-electron chi connectivity index (χ2n) is 5.62. The summed E-state index contributed by atoms with van der Waals surface area (Å²) >= 11 is 0. The Balaban J connectivity index is 2.22. The molecule has 0 bridgehead atoms. The summed E-state index contributed by atoms with van der Waals surface area (Å²) in [6.45, 7) is 12.1. The Morgan fingerprint density at radius 1 is 1.15 bits per heavy atom. The molecule has 108 valence electrons. The second kappa shape index (κ2) is 6.13. The molecule has 1 N–H and O–H groups in total. The van der Waals surface area contributed by atoms with Gasteiger partial charge in [0.15, 0.2) is 5.82 Å². The third kappa shape index (κ3) is 3.63. The van der Waals surface area contributed by atoms with Crippen molar-refractivity contribution in [2.75, 3.05) is 6.54 Å². The van der Waals surface area contributed by atoms with Crippen molar-refractivity contribution in [1.29, 1.82) is 0 Å². The zero-order chi connectivity index (χ0) is 14.7. The van der Waals surface area contributed by atoms with Crippen molar-refractivity contribution in [3.05, 3.63) is 35.0 Å². The van der Waals surface area contributed by atoms with Crippen LogP contribution < -0.4 is 5.32 Å². The van der Waals surface area contributed by atoms with E-state index in [1.165, 1.54) is 5.56 Å². The molecule has 0 unspecified atom stereocenters. The summed E-state index contributed by atoms with van der Waals surface area (Å²) in [6.07, 6.45) is 0. The summed E-state index contributed by atoms with van der Waals surface area (Å²) in [6, 6.07) is 4.18. The first kappa shape index (κ1) is 14.7. The minimum Gasteiger partial charge on any atom is -0.312 e. The van der Waals surface area contributed by atoms with E-state index in [1.807, 2.05) is 20.8 Å². The first-order valence-corrected chi connectivity index (χ1v) is 7.04. The number of nitrogens with zero attached hydrogens (tertiary/aromatic N) is 4. The minimum absolute atomic E-state index is 0.651. The van der Waals surface area contributed by atoms with Crippen molar-refractivity contribution in [2.45, 2.75) is 41.2 Å². The maximum atomic E-state index is 4.55. The number of nitrogens with one attached hydrogen (secondary N) is 1. The van der Waals surface area contributed by atoms with Crippen LogP contribution in [0.3, 0.4) is 0 Å². The van der Waals surface area contributed by atoms with Gasteiger partial charge in [-0.1, -0.05) is 13.8 Å². The lowest BCUT2D eigenvalue weighted by Crippen LogP contribution is -2.19. The van der Waals surface area contributed by atoms with E-state index in [4.69, 9.17) is 0 Å². The molecular formula is C15H23N5. The Bertz CT molecular complexity index is 586. The zero-order valence-electron chi connectivity index (χ0n) is 12.9. The summed E-state index contributed by atoms with van der Waals surface area (Å²) in [7, 11) is 0. The second-order valence-corrected chi connectivity index (χ2v) is 5.62. The molecule has 0 fully saturated rings. The van der Waals surface area contributed by atoms with Gasteiger partial charge in [0.25, 0.3) is 0 Å². The molecule has 20 heavy (non-hydrogen) atoms. The normalized spacial score (nSPS) is 11.3. The van der Waals surface area contributed by atoms with E-state index in [1.54, 1.807) is 4.68 Å². The summed E-state index contributed by atoms with van der Waals surface area (Å²) in [5.41, 5.74) is 2.22. The lowest BCUT2D eigenvalue weighted by molar-refractivity contribution is 0.552. The minimum atomic E-state index is 0.651. The standard InChI is InChI=1S/C15H23N5/c1-10(2)8-16-9-14-6-11(3)17-15(7-14)20-13(5)18-12(4)19-20/h6-7,10,16H,8-9H2,1-5H3. The van der Waals surface area contributed by atoms with E-state index in [-0.39, 0.29) is 0 Å². The molecule has 0 aromatic carbocycles. The molecule has 0 atom stereocenters. The van der Waals surface area contributed by atoms with Crippen molar-refractivity contribution < 1.29 is 0 Å². The van der Waals surface area contributed by atoms with Crippen LogP contribution in [0.2, 0.25) is 0 Å². The lowest BCUT2D eigenvalue weighted by atomic mass is 10.2. The van der Waals surface area contributed by atoms with E-state index >= 15 is 0 Å². The maximum absolute atomic E-state index is 4.55. The number of aromatic nitrogens is 4. The molecule has 0 spiro atoms. The summed E-state index contributed by atoms with van der Waals surface area (Å²) in [4.78, 5) is 8.88. The van der Waals surface area contributed by atoms with Gasteiger partial charge in [0.05, 0.1) is 0 Å². The van der Waals surface area contributed by atoms with Crippen molar-refractivity contribution in [1.82, 2.24) is 25.1 Å². The van der Waals surface area contributed by atoms with Crippen molar-refractivity contribution in [3.8, 4) is 5.82 Å². The predicted octanol–water partition coefficient (Wildman–Crippen LogP) is 2.33. The Morgan fingerprint density at radius 2 is 1.90 bits per heavy atom. The van der Waals surface area contributed by atoms with E-state index in [0.29, 0.717) is 5.92 Å². The van der Waals surface area contributed by atoms with E-state index < -0.39 is 0 Å². The van der Waals surface area contributed by atoms with Gasteiger partial charge >= 0.3 is 0 Å². The molecule has 2 aromatic heterocycles. The van der Waals surface area contributed by atoms with Gasteiger partial charge in [-0.05, 0) is 50.9 Å². The zero-order valence-corrected chi connectivity index (χ0v) is 12.9. The van der Waals surface area contributed by atoms with Crippen LogP contribution in [0.1, 0.15) is 36.8 Å². The third-order valence-electron chi connectivity index (χ3n) is 2.97. The van der Waals surface area contributed by atoms with Gasteiger partial charge in [-0.2, -0.15) is 4.68 Å². The summed E-state index contributed by atoms with van der Waals surface area (Å²) in [5, 5.41) is 7.85. The van der Waals surface area contributed by atoms with Crippen LogP contribution in [0.15, 0.2) is 12.1 Å². The Labute approximate surface area is 120 Å². The van der Waals surface area contributed by atoms with Crippen LogP contribution in [0.25, 0.3) is 5.82 Å². The quantitative estimate of drug-likeness (QED) is 0.908. The van der Waals surface area contributed by atoms with Crippen LogP contribution in [0.4, 0.5) is 0 Å². The first-order valence-electron chi connectivity index (χ1n) is 7.04. The van der Waals surface area contributed by atoms with Crippen LogP contribution >= 0.6 is 0 Å². The number of hydrogen-bond acceptors (Lipinski definition) is 4. The first-order chi connectivity index (χ1) is 9.45. The Kier molecular flexibility index (Phi) is 4.49. The molecule has 2 heterocycles. The smallest absolute Gasteiger partial charge is 0.156 e. The highest BCUT2D eigenvalue weighted by Gasteiger charge is 2.08. The van der Waals surface area contributed by atoms with Crippen LogP contribution in [-0.2, 0) is 6.54 Å². The van der Waals surface area contributed by atoms with Crippen LogP contribution in [-0.4, -0.2) is 26.3 Å². The molecule has 0 amide bonds. The number of aryl methyl sites for hydroxylation is 3. The molecule has 0 aliphatic rings. The number of pyridine rings is 1. The molecule has 5 heteroatoms. The van der Waals surface area contributed by atoms with E-state index in [2.05, 4.69) is 46.4 Å². The topological polar surface area (TPSA) is 55.6 Å². The summed E-state index contributed by atoms with van der Waals surface area (Å²) < 4.78 is 1.80. The van der Waals surface area contributed by atoms with Crippen LogP contribution in [0.5, 0.6) is 0 Å². The average Bonchev–Trinajstić information content (AvgIpc) is 2.67. The SMILES string of the molecule is Cc1cc(CNCC(C)C)cc(-n2nc(C)nc2C)n1. The van der Waals surface area contributed by atoms with Gasteiger partial charge in [-0.3, -0.25) is 0 Å². The highest BCUT2D eigenvalue weighted by Crippen LogP contribution is 2.11. The molecule has 0 saturated carbocycles. The van der Waals surface area contributed by atoms with E-state index in [0.717, 1.165) is 36.3 Å². The van der Waals surface area contributed by atoms with Crippen molar-refractivity contribution in [3.63, 3.8) is 0 Å². The highest BCUT2D eigenvalue weighted by atomic mass is 15.4. The number of rotatable bonds is 5. The largest absolute Gasteiger partial charge is 0.312 e. The molecule has 0 radical (unpaired) electrons. The average molecular weight is 273 g/mol. The molecular weight excluding hydrogens is 250 g/mol. The predicted molar refractivity (Wildman–Crippen MR) is 79.9 cm³/mol. The monoisotopic (exact) mass is 273 g/mol. The lowest BCUT2D eigenvalue weighted by Gasteiger charge is -2.10. The fourth-order valence-electron chi connectivity index (χ4n) is 2.17. The highest BCUT2D eigenvalue weighted by molar-refractivity contribution is 5.30. The third-order valence-corrected chi connectivity index (χ3v) is 2.97. The molecule has 2 aromatic rings. The fourth-order valence-corrected chi connectivity index (χ4v) is 2.17.